The van der Waals surface area contributed by atoms with Gasteiger partial charge in [0.2, 0.25) is 5.91 Å². The van der Waals surface area contributed by atoms with Gasteiger partial charge in [0.25, 0.3) is 0 Å². The van der Waals surface area contributed by atoms with Crippen LogP contribution in [0.15, 0.2) is 11.2 Å². The largest absolute Gasteiger partial charge is 0.465 e. The van der Waals surface area contributed by atoms with Crippen molar-refractivity contribution in [3.63, 3.8) is 0 Å². The zero-order chi connectivity index (χ0) is 20.8. The van der Waals surface area contributed by atoms with Crippen molar-refractivity contribution < 1.29 is 14.3 Å². The Morgan fingerprint density at radius 2 is 2.07 bits per heavy atom. The maximum Gasteiger partial charge on any atom is 0.340 e. The molecule has 1 N–H and O–H groups in total. The molecule has 1 aliphatic carbocycles. The van der Waals surface area contributed by atoms with Crippen LogP contribution in [0.3, 0.4) is 0 Å². The van der Waals surface area contributed by atoms with Gasteiger partial charge in [-0.3, -0.25) is 4.79 Å². The van der Waals surface area contributed by atoms with Crippen molar-refractivity contribution in [3.05, 3.63) is 22.3 Å². The second-order valence-corrected chi connectivity index (χ2v) is 9.38. The molecule has 9 heteroatoms. The molecule has 158 valence electrons. The fraction of sp³-hybridized carbons (Fsp3) is 0.600. The SMILES string of the molecule is CCc1cc(C(=O)OC)c(NC(=O)CSc2nnc(CC3CCCCC3)n2C)s1. The Balaban J connectivity index is 1.57. The van der Waals surface area contributed by atoms with Crippen LogP contribution in [0.4, 0.5) is 5.00 Å². The molecule has 1 aliphatic rings. The van der Waals surface area contributed by atoms with Crippen LogP contribution in [0.2, 0.25) is 0 Å². The van der Waals surface area contributed by atoms with Crippen LogP contribution in [0.1, 0.15) is 60.1 Å². The number of carbonyl (C=O) groups is 2. The van der Waals surface area contributed by atoms with Gasteiger partial charge in [0.15, 0.2) is 5.16 Å². The molecule has 1 amide bonds. The van der Waals surface area contributed by atoms with Gasteiger partial charge in [-0.25, -0.2) is 4.79 Å². The third kappa shape index (κ3) is 5.60. The zero-order valence-electron chi connectivity index (χ0n) is 17.2. The quantitative estimate of drug-likeness (QED) is 0.496. The maximum atomic E-state index is 12.4. The minimum absolute atomic E-state index is 0.179. The number of amides is 1. The van der Waals surface area contributed by atoms with Crippen molar-refractivity contribution in [2.45, 2.75) is 57.0 Å². The number of carbonyl (C=O) groups excluding carboxylic acids is 2. The lowest BCUT2D eigenvalue weighted by molar-refractivity contribution is -0.113. The summed E-state index contributed by atoms with van der Waals surface area (Å²) in [5, 5.41) is 12.7. The number of rotatable bonds is 8. The molecule has 1 saturated carbocycles. The van der Waals surface area contributed by atoms with E-state index in [4.69, 9.17) is 4.74 Å². The Morgan fingerprint density at radius 3 is 2.76 bits per heavy atom. The third-order valence-corrected chi connectivity index (χ3v) is 7.46. The molecule has 1 fully saturated rings. The summed E-state index contributed by atoms with van der Waals surface area (Å²) in [6, 6.07) is 1.78. The van der Waals surface area contributed by atoms with Gasteiger partial charge in [-0.2, -0.15) is 0 Å². The van der Waals surface area contributed by atoms with Crippen LogP contribution in [-0.2, 0) is 29.4 Å². The van der Waals surface area contributed by atoms with Crippen molar-refractivity contribution in [2.75, 3.05) is 18.2 Å². The molecule has 3 rings (SSSR count). The van der Waals surface area contributed by atoms with Gasteiger partial charge < -0.3 is 14.6 Å². The normalized spacial score (nSPS) is 14.7. The van der Waals surface area contributed by atoms with Crippen molar-refractivity contribution in [2.24, 2.45) is 13.0 Å². The van der Waals surface area contributed by atoms with Crippen LogP contribution in [-0.4, -0.2) is 39.5 Å². The second kappa shape index (κ2) is 10.2. The Morgan fingerprint density at radius 1 is 1.31 bits per heavy atom. The minimum atomic E-state index is -0.440. The topological polar surface area (TPSA) is 86.1 Å². The molecular formula is C20H28N4O3S2. The lowest BCUT2D eigenvalue weighted by Crippen LogP contribution is -2.16. The van der Waals surface area contributed by atoms with E-state index in [1.807, 2.05) is 18.5 Å². The highest BCUT2D eigenvalue weighted by molar-refractivity contribution is 7.99. The Bertz CT molecular complexity index is 856. The molecule has 29 heavy (non-hydrogen) atoms. The lowest BCUT2D eigenvalue weighted by atomic mass is 9.87. The molecular weight excluding hydrogens is 408 g/mol. The predicted molar refractivity (Wildman–Crippen MR) is 116 cm³/mol. The second-order valence-electron chi connectivity index (χ2n) is 7.30. The molecule has 0 unspecified atom stereocenters. The van der Waals surface area contributed by atoms with Gasteiger partial charge in [0.1, 0.15) is 10.8 Å². The van der Waals surface area contributed by atoms with Crippen molar-refractivity contribution in [1.82, 2.24) is 14.8 Å². The van der Waals surface area contributed by atoms with Crippen molar-refractivity contribution in [3.8, 4) is 0 Å². The summed E-state index contributed by atoms with van der Waals surface area (Å²) in [7, 11) is 3.30. The number of ether oxygens (including phenoxy) is 1. The molecule has 7 nitrogen and oxygen atoms in total. The van der Waals surface area contributed by atoms with Gasteiger partial charge in [0.05, 0.1) is 18.4 Å². The number of thiophene rings is 1. The highest BCUT2D eigenvalue weighted by atomic mass is 32.2. The van der Waals surface area contributed by atoms with E-state index >= 15 is 0 Å². The monoisotopic (exact) mass is 436 g/mol. The summed E-state index contributed by atoms with van der Waals surface area (Å²) in [5.41, 5.74) is 0.404. The van der Waals surface area contributed by atoms with Gasteiger partial charge in [-0.15, -0.1) is 21.5 Å². The smallest absolute Gasteiger partial charge is 0.340 e. The molecule has 0 radical (unpaired) electrons. The number of nitrogens with zero attached hydrogens (tertiary/aromatic N) is 3. The first kappa shape index (κ1) is 21.8. The highest BCUT2D eigenvalue weighted by Crippen LogP contribution is 2.30. The number of methoxy groups -OCH3 is 1. The molecule has 0 aromatic carbocycles. The average Bonchev–Trinajstić information content (AvgIpc) is 3.30. The minimum Gasteiger partial charge on any atom is -0.465 e. The summed E-state index contributed by atoms with van der Waals surface area (Å²) in [4.78, 5) is 25.4. The first-order valence-electron chi connectivity index (χ1n) is 10.0. The van der Waals surface area contributed by atoms with Crippen LogP contribution in [0.25, 0.3) is 0 Å². The molecule has 2 aromatic rings. The molecule has 2 aromatic heterocycles. The van der Waals surface area contributed by atoms with E-state index in [-0.39, 0.29) is 11.7 Å². The summed E-state index contributed by atoms with van der Waals surface area (Å²) in [5.74, 6) is 1.26. The van der Waals surface area contributed by atoms with E-state index in [0.29, 0.717) is 16.5 Å². The van der Waals surface area contributed by atoms with Crippen LogP contribution >= 0.6 is 23.1 Å². The number of aromatic nitrogens is 3. The summed E-state index contributed by atoms with van der Waals surface area (Å²) >= 11 is 2.76. The van der Waals surface area contributed by atoms with E-state index in [1.165, 1.54) is 62.3 Å². The number of thioether (sulfide) groups is 1. The van der Waals surface area contributed by atoms with Gasteiger partial charge >= 0.3 is 5.97 Å². The molecule has 0 bridgehead atoms. The predicted octanol–water partition coefficient (Wildman–Crippen LogP) is 4.08. The number of aryl methyl sites for hydroxylation is 1. The summed E-state index contributed by atoms with van der Waals surface area (Å²) < 4.78 is 6.81. The average molecular weight is 437 g/mol. The molecule has 0 saturated heterocycles. The van der Waals surface area contributed by atoms with Crippen LogP contribution in [0, 0.1) is 5.92 Å². The van der Waals surface area contributed by atoms with E-state index in [2.05, 4.69) is 15.5 Å². The van der Waals surface area contributed by atoms with Gasteiger partial charge in [-0.1, -0.05) is 50.8 Å². The Kier molecular flexibility index (Phi) is 7.71. The number of anilines is 1. The Labute approximate surface area is 179 Å². The number of hydrogen-bond acceptors (Lipinski definition) is 7. The van der Waals surface area contributed by atoms with Crippen molar-refractivity contribution >= 4 is 40.0 Å². The van der Waals surface area contributed by atoms with Crippen LogP contribution in [0.5, 0.6) is 0 Å². The van der Waals surface area contributed by atoms with Gasteiger partial charge in [0, 0.05) is 18.3 Å². The summed E-state index contributed by atoms with van der Waals surface area (Å²) in [6.07, 6.45) is 8.23. The number of nitrogens with one attached hydrogen (secondary N) is 1. The van der Waals surface area contributed by atoms with E-state index in [9.17, 15) is 9.59 Å². The van der Waals surface area contributed by atoms with Crippen molar-refractivity contribution in [1.29, 1.82) is 0 Å². The highest BCUT2D eigenvalue weighted by Gasteiger charge is 2.20. The van der Waals surface area contributed by atoms with E-state index in [1.54, 1.807) is 6.07 Å². The standard InChI is InChI=1S/C20H28N4O3S2/c1-4-14-11-15(19(26)27-3)18(29-14)21-17(25)12-28-20-23-22-16(24(20)2)10-13-8-6-5-7-9-13/h11,13H,4-10,12H2,1-3H3,(H,21,25). The third-order valence-electron chi connectivity index (χ3n) is 5.24. The molecule has 0 spiro atoms. The fourth-order valence-electron chi connectivity index (χ4n) is 3.56. The molecule has 2 heterocycles. The first-order chi connectivity index (χ1) is 14.0. The number of hydrogen-bond donors (Lipinski definition) is 1. The Hall–Kier alpha value is -1.87. The lowest BCUT2D eigenvalue weighted by Gasteiger charge is -2.20. The first-order valence-corrected chi connectivity index (χ1v) is 11.8. The molecule has 0 aliphatic heterocycles. The van der Waals surface area contributed by atoms with E-state index in [0.717, 1.165) is 28.7 Å². The fourth-order valence-corrected chi connectivity index (χ4v) is 5.29. The number of esters is 1. The summed E-state index contributed by atoms with van der Waals surface area (Å²) in [6.45, 7) is 2.01. The maximum absolute atomic E-state index is 12.4. The van der Waals surface area contributed by atoms with Gasteiger partial charge in [-0.05, 0) is 18.4 Å². The molecule has 0 atom stereocenters. The zero-order valence-corrected chi connectivity index (χ0v) is 18.8. The van der Waals surface area contributed by atoms with E-state index < -0.39 is 5.97 Å². The van der Waals surface area contributed by atoms with Crippen LogP contribution < -0.4 is 5.32 Å².